The minimum atomic E-state index is -3.30. The van der Waals surface area contributed by atoms with Crippen LogP contribution in [0.15, 0.2) is 0 Å². The van der Waals surface area contributed by atoms with Gasteiger partial charge in [0.15, 0.2) is 0 Å². The molecule has 18 heavy (non-hydrogen) atoms. The number of nitrogens with zero attached hydrogens (tertiary/aromatic N) is 1. The van der Waals surface area contributed by atoms with Gasteiger partial charge in [-0.15, -0.1) is 0 Å². The highest BCUT2D eigenvalue weighted by molar-refractivity contribution is 7.87. The van der Waals surface area contributed by atoms with Crippen LogP contribution in [-0.4, -0.2) is 45.4 Å². The Bertz CT molecular complexity index is 326. The molecule has 1 aliphatic rings. The number of piperidine rings is 1. The molecule has 1 unspecified atom stereocenters. The molecule has 0 spiro atoms. The topological polar surface area (TPSA) is 61.4 Å². The number of hydrogen-bond donors (Lipinski definition) is 2. The molecule has 0 radical (unpaired) electrons. The zero-order chi connectivity index (χ0) is 13.6. The first-order valence-corrected chi connectivity index (χ1v) is 8.39. The molecule has 6 heteroatoms. The van der Waals surface area contributed by atoms with E-state index in [4.69, 9.17) is 0 Å². The molecule has 0 aromatic heterocycles. The van der Waals surface area contributed by atoms with E-state index in [-0.39, 0.29) is 6.04 Å². The average Bonchev–Trinajstić information content (AvgIpc) is 2.37. The Balaban J connectivity index is 2.60. The normalized spacial score (nSPS) is 22.6. The van der Waals surface area contributed by atoms with Gasteiger partial charge < -0.3 is 5.32 Å². The van der Waals surface area contributed by atoms with E-state index in [2.05, 4.69) is 10.0 Å². The predicted molar refractivity (Wildman–Crippen MR) is 74.6 cm³/mol. The van der Waals surface area contributed by atoms with Crippen molar-refractivity contribution in [2.45, 2.75) is 45.6 Å². The van der Waals surface area contributed by atoms with Crippen LogP contribution in [0.5, 0.6) is 0 Å². The summed E-state index contributed by atoms with van der Waals surface area (Å²) in [4.78, 5) is 0. The first-order valence-electron chi connectivity index (χ1n) is 6.95. The summed E-state index contributed by atoms with van der Waals surface area (Å²) in [6, 6.07) is 0.0553. The molecule has 0 aliphatic carbocycles. The van der Waals surface area contributed by atoms with Gasteiger partial charge in [-0.3, -0.25) is 0 Å². The number of hydrogen-bond acceptors (Lipinski definition) is 3. The lowest BCUT2D eigenvalue weighted by Crippen LogP contribution is -2.49. The Morgan fingerprint density at radius 3 is 2.56 bits per heavy atom. The fourth-order valence-electron chi connectivity index (χ4n) is 2.44. The van der Waals surface area contributed by atoms with Gasteiger partial charge in [0.2, 0.25) is 0 Å². The van der Waals surface area contributed by atoms with E-state index in [0.717, 1.165) is 32.2 Å². The van der Waals surface area contributed by atoms with Crippen LogP contribution in [0.3, 0.4) is 0 Å². The molecule has 1 saturated heterocycles. The highest BCUT2D eigenvalue weighted by Crippen LogP contribution is 2.18. The van der Waals surface area contributed by atoms with Crippen LogP contribution in [0.25, 0.3) is 0 Å². The molecule has 0 aromatic carbocycles. The second kappa shape index (κ2) is 7.43. The van der Waals surface area contributed by atoms with Crippen LogP contribution in [-0.2, 0) is 10.2 Å². The molecule has 2 N–H and O–H groups in total. The first kappa shape index (κ1) is 15.9. The van der Waals surface area contributed by atoms with Gasteiger partial charge in [0.05, 0.1) is 0 Å². The molecule has 1 rings (SSSR count). The van der Waals surface area contributed by atoms with Crippen molar-refractivity contribution in [1.29, 1.82) is 0 Å². The van der Waals surface area contributed by atoms with Gasteiger partial charge in [0.1, 0.15) is 0 Å². The second-order valence-corrected chi connectivity index (χ2v) is 6.76. The van der Waals surface area contributed by atoms with Gasteiger partial charge in [-0.1, -0.05) is 13.8 Å². The van der Waals surface area contributed by atoms with Crippen molar-refractivity contribution in [3.8, 4) is 0 Å². The highest BCUT2D eigenvalue weighted by Gasteiger charge is 2.29. The Hall–Kier alpha value is -0.170. The summed E-state index contributed by atoms with van der Waals surface area (Å²) in [5, 5.41) is 3.13. The first-order chi connectivity index (χ1) is 8.53. The van der Waals surface area contributed by atoms with Crippen molar-refractivity contribution in [3.05, 3.63) is 0 Å². The Morgan fingerprint density at radius 2 is 2.00 bits per heavy atom. The van der Waals surface area contributed by atoms with Crippen LogP contribution >= 0.6 is 0 Å². The standard InChI is InChI=1S/C12H27N3O2S/c1-4-12(5-2)14-18(16,17)15-8-6-7-11(10-15)9-13-3/h11-14H,4-10H2,1-3H3. The molecule has 1 fully saturated rings. The van der Waals surface area contributed by atoms with Crippen LogP contribution < -0.4 is 10.0 Å². The molecule has 108 valence electrons. The second-order valence-electron chi connectivity index (χ2n) is 5.06. The zero-order valence-corrected chi connectivity index (χ0v) is 12.6. The molecular weight excluding hydrogens is 250 g/mol. The van der Waals surface area contributed by atoms with E-state index in [1.54, 1.807) is 4.31 Å². The van der Waals surface area contributed by atoms with Gasteiger partial charge in [-0.25, -0.2) is 0 Å². The lowest BCUT2D eigenvalue weighted by molar-refractivity contribution is 0.259. The highest BCUT2D eigenvalue weighted by atomic mass is 32.2. The molecule has 0 bridgehead atoms. The zero-order valence-electron chi connectivity index (χ0n) is 11.8. The third-order valence-corrected chi connectivity index (χ3v) is 5.26. The smallest absolute Gasteiger partial charge is 0.279 e. The van der Waals surface area contributed by atoms with Crippen molar-refractivity contribution < 1.29 is 8.42 Å². The molecule has 0 amide bonds. The molecule has 0 aromatic rings. The summed E-state index contributed by atoms with van der Waals surface area (Å²) in [6.45, 7) is 6.19. The van der Waals surface area contributed by atoms with Gasteiger partial charge in [-0.05, 0) is 45.2 Å². The van der Waals surface area contributed by atoms with E-state index in [1.807, 2.05) is 20.9 Å². The Morgan fingerprint density at radius 1 is 1.33 bits per heavy atom. The maximum absolute atomic E-state index is 12.3. The van der Waals surface area contributed by atoms with Gasteiger partial charge in [0, 0.05) is 19.1 Å². The van der Waals surface area contributed by atoms with E-state index in [9.17, 15) is 8.42 Å². The Labute approximate surface area is 112 Å². The molecule has 1 atom stereocenters. The molecule has 1 aliphatic heterocycles. The van der Waals surface area contributed by atoms with Crippen LogP contribution in [0.4, 0.5) is 0 Å². The van der Waals surface area contributed by atoms with E-state index in [0.29, 0.717) is 19.0 Å². The van der Waals surface area contributed by atoms with Gasteiger partial charge in [0.25, 0.3) is 10.2 Å². The fourth-order valence-corrected chi connectivity index (χ4v) is 4.12. The number of nitrogens with one attached hydrogen (secondary N) is 2. The Kier molecular flexibility index (Phi) is 6.55. The number of rotatable bonds is 7. The van der Waals surface area contributed by atoms with Crippen molar-refractivity contribution in [2.24, 2.45) is 5.92 Å². The fraction of sp³-hybridized carbons (Fsp3) is 1.00. The molecule has 5 nitrogen and oxygen atoms in total. The molecule has 0 saturated carbocycles. The molecule has 1 heterocycles. The average molecular weight is 277 g/mol. The minimum absolute atomic E-state index is 0.0553. The summed E-state index contributed by atoms with van der Waals surface area (Å²) < 4.78 is 28.9. The summed E-state index contributed by atoms with van der Waals surface area (Å²) in [5.74, 6) is 0.432. The van der Waals surface area contributed by atoms with Crippen LogP contribution in [0.2, 0.25) is 0 Å². The van der Waals surface area contributed by atoms with E-state index < -0.39 is 10.2 Å². The largest absolute Gasteiger partial charge is 0.319 e. The monoisotopic (exact) mass is 277 g/mol. The lowest BCUT2D eigenvalue weighted by Gasteiger charge is -2.32. The van der Waals surface area contributed by atoms with Crippen molar-refractivity contribution in [3.63, 3.8) is 0 Å². The summed E-state index contributed by atoms with van der Waals surface area (Å²) in [5.41, 5.74) is 0. The van der Waals surface area contributed by atoms with Gasteiger partial charge >= 0.3 is 0 Å². The quantitative estimate of drug-likeness (QED) is 0.728. The predicted octanol–water partition coefficient (Wildman–Crippen LogP) is 0.941. The molecular formula is C12H27N3O2S. The van der Waals surface area contributed by atoms with Crippen LogP contribution in [0, 0.1) is 5.92 Å². The third kappa shape index (κ3) is 4.50. The summed E-state index contributed by atoms with van der Waals surface area (Å²) >= 11 is 0. The minimum Gasteiger partial charge on any atom is -0.319 e. The maximum Gasteiger partial charge on any atom is 0.279 e. The lowest BCUT2D eigenvalue weighted by atomic mass is 10.00. The van der Waals surface area contributed by atoms with Crippen molar-refractivity contribution >= 4 is 10.2 Å². The van der Waals surface area contributed by atoms with E-state index >= 15 is 0 Å². The van der Waals surface area contributed by atoms with Crippen molar-refractivity contribution in [1.82, 2.24) is 14.3 Å². The van der Waals surface area contributed by atoms with Crippen LogP contribution in [0.1, 0.15) is 39.5 Å². The maximum atomic E-state index is 12.3. The van der Waals surface area contributed by atoms with Gasteiger partial charge in [-0.2, -0.15) is 17.4 Å². The van der Waals surface area contributed by atoms with E-state index in [1.165, 1.54) is 0 Å². The van der Waals surface area contributed by atoms with Crippen molar-refractivity contribution in [2.75, 3.05) is 26.7 Å². The summed E-state index contributed by atoms with van der Waals surface area (Å²) in [7, 11) is -1.39. The SMILES string of the molecule is CCC(CC)NS(=O)(=O)N1CCCC(CNC)C1. The summed E-state index contributed by atoms with van der Waals surface area (Å²) in [6.07, 6.45) is 3.74. The third-order valence-electron chi connectivity index (χ3n) is 3.62.